The number of aliphatic hydroxyl groups is 1. The van der Waals surface area contributed by atoms with Gasteiger partial charge in [-0.3, -0.25) is 10.1 Å². The minimum absolute atomic E-state index is 0.167. The molecule has 0 aromatic heterocycles. The lowest BCUT2D eigenvalue weighted by Gasteiger charge is -2.33. The summed E-state index contributed by atoms with van der Waals surface area (Å²) in [4.78, 5) is 10.4. The standard InChI is InChI=1S/C13H21NO8/c1-11(2)18-5-7(20-11)8-13(15,6-14(16)17)9-10(19-8)22-12(3,4)21-9/h7-10,15H,5-6H2,1-4H3/t7-,8+,9+,10-,13+/m1/s1. The predicted octanol–water partition coefficient (Wildman–Crippen LogP) is 0.0221. The van der Waals surface area contributed by atoms with Gasteiger partial charge >= 0.3 is 0 Å². The normalized spacial score (nSPS) is 45.9. The number of ether oxygens (including phenoxy) is 5. The van der Waals surface area contributed by atoms with Gasteiger partial charge in [-0.2, -0.15) is 0 Å². The van der Waals surface area contributed by atoms with Gasteiger partial charge in [0.1, 0.15) is 18.3 Å². The molecule has 3 aliphatic rings. The highest BCUT2D eigenvalue weighted by atomic mass is 16.8. The average Bonchev–Trinajstić information content (AvgIpc) is 2.91. The number of fused-ring (bicyclic) bond motifs is 1. The molecule has 0 amide bonds. The summed E-state index contributed by atoms with van der Waals surface area (Å²) in [6, 6.07) is 0. The summed E-state index contributed by atoms with van der Waals surface area (Å²) in [5, 5.41) is 22.0. The van der Waals surface area contributed by atoms with Crippen molar-refractivity contribution in [3.63, 3.8) is 0 Å². The van der Waals surface area contributed by atoms with Crippen molar-refractivity contribution in [2.24, 2.45) is 0 Å². The van der Waals surface area contributed by atoms with Gasteiger partial charge in [0.2, 0.25) is 6.54 Å². The molecule has 3 fully saturated rings. The Kier molecular flexibility index (Phi) is 3.52. The number of hydrogen-bond donors (Lipinski definition) is 1. The minimum Gasteiger partial charge on any atom is -0.378 e. The fraction of sp³-hybridized carbons (Fsp3) is 1.00. The van der Waals surface area contributed by atoms with Crippen molar-refractivity contribution < 1.29 is 33.7 Å². The second-order valence-electron chi connectivity index (χ2n) is 6.83. The largest absolute Gasteiger partial charge is 0.378 e. The Labute approximate surface area is 127 Å². The molecule has 0 bridgehead atoms. The summed E-state index contributed by atoms with van der Waals surface area (Å²) >= 11 is 0. The van der Waals surface area contributed by atoms with Crippen LogP contribution in [-0.2, 0) is 23.7 Å². The Balaban J connectivity index is 1.86. The second kappa shape index (κ2) is 4.83. The van der Waals surface area contributed by atoms with Gasteiger partial charge in [-0.1, -0.05) is 0 Å². The molecule has 3 aliphatic heterocycles. The van der Waals surface area contributed by atoms with E-state index < -0.39 is 53.2 Å². The molecule has 3 saturated heterocycles. The summed E-state index contributed by atoms with van der Waals surface area (Å²) in [6.45, 7) is 6.22. The van der Waals surface area contributed by atoms with Crippen molar-refractivity contribution in [2.45, 2.75) is 69.5 Å². The van der Waals surface area contributed by atoms with Crippen LogP contribution in [0.25, 0.3) is 0 Å². The maximum absolute atomic E-state index is 11.0. The van der Waals surface area contributed by atoms with Crippen LogP contribution in [0.1, 0.15) is 27.7 Å². The average molecular weight is 319 g/mol. The summed E-state index contributed by atoms with van der Waals surface area (Å²) in [5.74, 6) is -1.81. The molecule has 1 N–H and O–H groups in total. The van der Waals surface area contributed by atoms with E-state index in [9.17, 15) is 15.2 Å². The Morgan fingerprint density at radius 1 is 1.14 bits per heavy atom. The number of rotatable bonds is 3. The molecule has 0 spiro atoms. The fourth-order valence-electron chi connectivity index (χ4n) is 3.25. The van der Waals surface area contributed by atoms with Crippen molar-refractivity contribution in [3.8, 4) is 0 Å². The first kappa shape index (κ1) is 16.0. The molecule has 22 heavy (non-hydrogen) atoms. The Morgan fingerprint density at radius 3 is 2.36 bits per heavy atom. The van der Waals surface area contributed by atoms with Crippen LogP contribution in [0.5, 0.6) is 0 Å². The van der Waals surface area contributed by atoms with E-state index in [1.54, 1.807) is 27.7 Å². The molecule has 0 saturated carbocycles. The Morgan fingerprint density at radius 2 is 1.82 bits per heavy atom. The molecule has 9 nitrogen and oxygen atoms in total. The highest BCUT2D eigenvalue weighted by molar-refractivity contribution is 5.08. The van der Waals surface area contributed by atoms with E-state index in [1.165, 1.54) is 0 Å². The molecule has 9 heteroatoms. The molecular weight excluding hydrogens is 298 g/mol. The molecule has 3 rings (SSSR count). The Hall–Kier alpha value is -0.840. The van der Waals surface area contributed by atoms with Crippen molar-refractivity contribution >= 4 is 0 Å². The van der Waals surface area contributed by atoms with Crippen LogP contribution in [0.4, 0.5) is 0 Å². The first-order chi connectivity index (χ1) is 10.0. The lowest BCUT2D eigenvalue weighted by atomic mass is 9.89. The Bertz CT molecular complexity index is 481. The highest BCUT2D eigenvalue weighted by Gasteiger charge is 2.68. The van der Waals surface area contributed by atoms with Gasteiger partial charge < -0.3 is 28.8 Å². The predicted molar refractivity (Wildman–Crippen MR) is 70.4 cm³/mol. The van der Waals surface area contributed by atoms with Crippen molar-refractivity contribution in [1.29, 1.82) is 0 Å². The third kappa shape index (κ3) is 2.61. The first-order valence-electron chi connectivity index (χ1n) is 7.19. The molecular formula is C13H21NO8. The van der Waals surface area contributed by atoms with E-state index in [0.29, 0.717) is 0 Å². The van der Waals surface area contributed by atoms with Crippen molar-refractivity contribution in [2.75, 3.05) is 13.2 Å². The van der Waals surface area contributed by atoms with Gasteiger partial charge in [0.15, 0.2) is 23.5 Å². The zero-order valence-electron chi connectivity index (χ0n) is 13.0. The van der Waals surface area contributed by atoms with Gasteiger partial charge in [0.25, 0.3) is 0 Å². The lowest BCUT2D eigenvalue weighted by Crippen LogP contribution is -2.58. The third-order valence-electron chi connectivity index (χ3n) is 4.07. The molecule has 0 aromatic carbocycles. The van der Waals surface area contributed by atoms with E-state index in [-0.39, 0.29) is 6.61 Å². The summed E-state index contributed by atoms with van der Waals surface area (Å²) in [6.07, 6.45) is -3.44. The van der Waals surface area contributed by atoms with Crippen LogP contribution in [0, 0.1) is 10.1 Å². The summed E-state index contributed by atoms with van der Waals surface area (Å²) in [5.41, 5.74) is -1.85. The van der Waals surface area contributed by atoms with Crippen molar-refractivity contribution in [1.82, 2.24) is 0 Å². The zero-order valence-corrected chi connectivity index (χ0v) is 13.0. The van der Waals surface area contributed by atoms with E-state index in [1.807, 2.05) is 0 Å². The molecule has 0 aromatic rings. The maximum atomic E-state index is 11.0. The van der Waals surface area contributed by atoms with E-state index in [2.05, 4.69) is 0 Å². The van der Waals surface area contributed by atoms with Gasteiger partial charge in [-0.05, 0) is 27.7 Å². The third-order valence-corrected chi connectivity index (χ3v) is 4.07. The van der Waals surface area contributed by atoms with E-state index >= 15 is 0 Å². The molecule has 5 atom stereocenters. The van der Waals surface area contributed by atoms with Gasteiger partial charge in [-0.25, -0.2) is 0 Å². The van der Waals surface area contributed by atoms with Gasteiger partial charge in [0.05, 0.1) is 6.61 Å². The number of nitrogens with zero attached hydrogens (tertiary/aromatic N) is 1. The molecule has 0 radical (unpaired) electrons. The molecule has 0 unspecified atom stereocenters. The zero-order chi connectivity index (χ0) is 16.3. The summed E-state index contributed by atoms with van der Waals surface area (Å²) in [7, 11) is 0. The van der Waals surface area contributed by atoms with Crippen LogP contribution in [0.15, 0.2) is 0 Å². The van der Waals surface area contributed by atoms with Crippen LogP contribution >= 0.6 is 0 Å². The monoisotopic (exact) mass is 319 g/mol. The molecule has 0 aliphatic carbocycles. The van der Waals surface area contributed by atoms with Crippen LogP contribution in [-0.4, -0.2) is 65.0 Å². The molecule has 3 heterocycles. The fourth-order valence-corrected chi connectivity index (χ4v) is 3.25. The summed E-state index contributed by atoms with van der Waals surface area (Å²) < 4.78 is 28.1. The number of nitro groups is 1. The minimum atomic E-state index is -1.85. The highest BCUT2D eigenvalue weighted by Crippen LogP contribution is 2.46. The number of hydrogen-bond acceptors (Lipinski definition) is 8. The maximum Gasteiger partial charge on any atom is 0.237 e. The van der Waals surface area contributed by atoms with Crippen LogP contribution in [0.3, 0.4) is 0 Å². The quantitative estimate of drug-likeness (QED) is 0.573. The van der Waals surface area contributed by atoms with E-state index in [4.69, 9.17) is 23.7 Å². The van der Waals surface area contributed by atoms with E-state index in [0.717, 1.165) is 0 Å². The van der Waals surface area contributed by atoms with Crippen molar-refractivity contribution in [3.05, 3.63) is 10.1 Å². The van der Waals surface area contributed by atoms with Gasteiger partial charge in [0, 0.05) is 4.92 Å². The van der Waals surface area contributed by atoms with Crippen LogP contribution in [0.2, 0.25) is 0 Å². The second-order valence-corrected chi connectivity index (χ2v) is 6.83. The first-order valence-corrected chi connectivity index (χ1v) is 7.19. The topological polar surface area (TPSA) is 110 Å². The SMILES string of the molecule is CC1(C)OC[C@H]([C@@H]2O[C@@H]3OC(C)(C)O[C@@H]3[C@]2(O)C[N+](=O)[O-])O1. The molecule has 126 valence electrons. The lowest BCUT2D eigenvalue weighted by molar-refractivity contribution is -0.507. The smallest absolute Gasteiger partial charge is 0.237 e. The van der Waals surface area contributed by atoms with Crippen LogP contribution < -0.4 is 0 Å². The van der Waals surface area contributed by atoms with Gasteiger partial charge in [-0.15, -0.1) is 0 Å².